The van der Waals surface area contributed by atoms with E-state index >= 15 is 0 Å². The number of hydrogen-bond acceptors (Lipinski definition) is 6. The maximum atomic E-state index is 13.0. The summed E-state index contributed by atoms with van der Waals surface area (Å²) in [5.74, 6) is -0.717. The first kappa shape index (κ1) is 24.8. The van der Waals surface area contributed by atoms with Gasteiger partial charge >= 0.3 is 6.18 Å². The Balaban J connectivity index is 1.81. The zero-order valence-electron chi connectivity index (χ0n) is 16.4. The van der Waals surface area contributed by atoms with Gasteiger partial charge in [-0.2, -0.15) is 17.9 Å². The molecule has 0 aliphatic rings. The van der Waals surface area contributed by atoms with Crippen LogP contribution in [0.2, 0.25) is 5.02 Å². The number of hydrogen-bond donors (Lipinski definition) is 1. The molecule has 2 aromatic heterocycles. The van der Waals surface area contributed by atoms with Crippen molar-refractivity contribution in [3.63, 3.8) is 0 Å². The van der Waals surface area contributed by atoms with Crippen LogP contribution in [0.15, 0.2) is 35.3 Å². The van der Waals surface area contributed by atoms with Gasteiger partial charge in [-0.15, -0.1) is 5.10 Å². The van der Waals surface area contributed by atoms with Crippen LogP contribution in [0.4, 0.5) is 22.0 Å². The van der Waals surface area contributed by atoms with Gasteiger partial charge in [0.25, 0.3) is 18.3 Å². The normalized spacial score (nSPS) is 12.6. The fourth-order valence-electron chi connectivity index (χ4n) is 2.61. The van der Waals surface area contributed by atoms with Gasteiger partial charge in [-0.1, -0.05) is 11.6 Å². The smallest absolute Gasteiger partial charge is 0.416 e. The lowest BCUT2D eigenvalue weighted by atomic mass is 10.1. The van der Waals surface area contributed by atoms with Crippen molar-refractivity contribution in [1.82, 2.24) is 30.0 Å². The molecule has 0 saturated carbocycles. The Bertz CT molecular complexity index is 1140. The van der Waals surface area contributed by atoms with Crippen LogP contribution in [-0.4, -0.2) is 43.7 Å². The molecule has 0 aliphatic carbocycles. The van der Waals surface area contributed by atoms with Crippen LogP contribution in [0.25, 0.3) is 5.95 Å². The summed E-state index contributed by atoms with van der Waals surface area (Å²) in [4.78, 5) is 24.6. The minimum atomic E-state index is -4.68. The van der Waals surface area contributed by atoms with Crippen LogP contribution in [0.3, 0.4) is 0 Å². The maximum Gasteiger partial charge on any atom is 0.416 e. The molecule has 0 fully saturated rings. The molecule has 1 unspecified atom stereocenters. The van der Waals surface area contributed by atoms with Gasteiger partial charge in [0.2, 0.25) is 4.73 Å². The number of aromatic nitrogens is 5. The molecule has 2 heterocycles. The van der Waals surface area contributed by atoms with E-state index in [1.165, 1.54) is 6.92 Å². The maximum absolute atomic E-state index is 13.0. The van der Waals surface area contributed by atoms with Crippen molar-refractivity contribution < 1.29 is 31.5 Å². The number of carbonyl (C=O) groups is 1. The topological polar surface area (TPSA) is 94.8 Å². The van der Waals surface area contributed by atoms with Crippen molar-refractivity contribution in [3.8, 4) is 11.7 Å². The Morgan fingerprint density at radius 2 is 1.91 bits per heavy atom. The molecular weight excluding hydrogens is 543 g/mol. The Morgan fingerprint density at radius 1 is 1.24 bits per heavy atom. The summed E-state index contributed by atoms with van der Waals surface area (Å²) in [5.41, 5.74) is -1.37. The quantitative estimate of drug-likeness (QED) is 0.428. The summed E-state index contributed by atoms with van der Waals surface area (Å²) in [6, 6.07) is 1.63. The molecule has 8 nitrogen and oxygen atoms in total. The van der Waals surface area contributed by atoms with Crippen molar-refractivity contribution in [2.24, 2.45) is 0 Å². The SMILES string of the molecule is CC(NC(=O)c1cc(Cl)cc(C(F)(F)F)c1)c1nc(Br)nn1-c1ncc(OCC(F)F)cn1. The Kier molecular flexibility index (Phi) is 7.47. The molecule has 0 radical (unpaired) electrons. The predicted molar refractivity (Wildman–Crippen MR) is 108 cm³/mol. The van der Waals surface area contributed by atoms with E-state index in [0.29, 0.717) is 12.1 Å². The molecule has 1 aromatic carbocycles. The fraction of sp³-hybridized carbons (Fsp3) is 0.278. The van der Waals surface area contributed by atoms with Gasteiger partial charge in [0, 0.05) is 10.6 Å². The molecule has 0 bridgehead atoms. The summed E-state index contributed by atoms with van der Waals surface area (Å²) >= 11 is 8.83. The van der Waals surface area contributed by atoms with Crippen molar-refractivity contribution in [3.05, 3.63) is 57.3 Å². The molecule has 33 heavy (non-hydrogen) atoms. The molecule has 1 N–H and O–H groups in total. The van der Waals surface area contributed by atoms with E-state index in [-0.39, 0.29) is 32.8 Å². The highest BCUT2D eigenvalue weighted by Gasteiger charge is 2.32. The van der Waals surface area contributed by atoms with Gasteiger partial charge in [-0.3, -0.25) is 4.79 Å². The molecule has 0 saturated heterocycles. The van der Waals surface area contributed by atoms with Crippen LogP contribution in [0.5, 0.6) is 5.75 Å². The molecule has 1 amide bonds. The standard InChI is InChI=1S/C18H13BrClF5N6O2/c1-8(28-15(32)9-2-10(18(23,24)25)4-11(20)3-9)14-29-16(19)30-31(14)17-26-5-12(6-27-17)33-7-13(21)22/h2-6,8,13H,7H2,1H3,(H,28,32). The third-order valence-electron chi connectivity index (χ3n) is 4.01. The highest BCUT2D eigenvalue weighted by molar-refractivity contribution is 9.10. The number of halogens is 7. The molecule has 0 aliphatic heterocycles. The number of carbonyl (C=O) groups excluding carboxylic acids is 1. The van der Waals surface area contributed by atoms with Crippen LogP contribution in [0, 0.1) is 0 Å². The number of nitrogens with one attached hydrogen (secondary N) is 1. The lowest BCUT2D eigenvalue weighted by molar-refractivity contribution is -0.137. The van der Waals surface area contributed by atoms with Crippen molar-refractivity contribution in [2.75, 3.05) is 6.61 Å². The van der Waals surface area contributed by atoms with E-state index in [0.717, 1.165) is 23.1 Å². The van der Waals surface area contributed by atoms with Gasteiger partial charge in [-0.25, -0.2) is 23.7 Å². The average molecular weight is 556 g/mol. The fourth-order valence-corrected chi connectivity index (χ4v) is 3.18. The van der Waals surface area contributed by atoms with Crippen molar-refractivity contribution in [1.29, 1.82) is 0 Å². The molecule has 15 heteroatoms. The van der Waals surface area contributed by atoms with E-state index in [9.17, 15) is 26.7 Å². The van der Waals surface area contributed by atoms with E-state index in [1.54, 1.807) is 0 Å². The Morgan fingerprint density at radius 3 is 2.52 bits per heavy atom. The largest absolute Gasteiger partial charge is 0.484 e. The van der Waals surface area contributed by atoms with Crippen LogP contribution in [0.1, 0.15) is 34.7 Å². The predicted octanol–water partition coefficient (Wildman–Crippen LogP) is 4.63. The minimum absolute atomic E-state index is 0.00237. The number of amides is 1. The monoisotopic (exact) mass is 554 g/mol. The number of rotatable bonds is 7. The summed E-state index contributed by atoms with van der Waals surface area (Å²) in [7, 11) is 0. The first-order valence-electron chi connectivity index (χ1n) is 8.98. The average Bonchev–Trinajstić information content (AvgIpc) is 3.13. The lowest BCUT2D eigenvalue weighted by Gasteiger charge is -2.15. The summed E-state index contributed by atoms with van der Waals surface area (Å²) in [6.07, 6.45) is -5.05. The third kappa shape index (κ3) is 6.35. The van der Waals surface area contributed by atoms with Crippen LogP contribution in [-0.2, 0) is 6.18 Å². The molecule has 176 valence electrons. The van der Waals surface area contributed by atoms with Gasteiger partial charge in [0.05, 0.1) is 24.0 Å². The first-order chi connectivity index (χ1) is 15.4. The van der Waals surface area contributed by atoms with E-state index < -0.39 is 36.7 Å². The highest BCUT2D eigenvalue weighted by Crippen LogP contribution is 2.32. The van der Waals surface area contributed by atoms with Crippen molar-refractivity contribution >= 4 is 33.4 Å². The van der Waals surface area contributed by atoms with Crippen LogP contribution < -0.4 is 10.1 Å². The van der Waals surface area contributed by atoms with E-state index in [4.69, 9.17) is 16.3 Å². The van der Waals surface area contributed by atoms with Gasteiger partial charge < -0.3 is 10.1 Å². The minimum Gasteiger partial charge on any atom is -0.484 e. The Labute approximate surface area is 196 Å². The van der Waals surface area contributed by atoms with E-state index in [2.05, 4.69) is 41.3 Å². The number of benzene rings is 1. The first-order valence-corrected chi connectivity index (χ1v) is 10.2. The summed E-state index contributed by atoms with van der Waals surface area (Å²) in [5, 5.41) is 6.32. The van der Waals surface area contributed by atoms with Crippen LogP contribution >= 0.6 is 27.5 Å². The summed E-state index contributed by atoms with van der Waals surface area (Å²) < 4.78 is 69.6. The number of ether oxygens (including phenoxy) is 1. The molecular formula is C18H13BrClF5N6O2. The lowest BCUT2D eigenvalue weighted by Crippen LogP contribution is -2.29. The molecule has 3 aromatic rings. The zero-order valence-corrected chi connectivity index (χ0v) is 18.8. The highest BCUT2D eigenvalue weighted by atomic mass is 79.9. The Hall–Kier alpha value is -2.87. The van der Waals surface area contributed by atoms with Crippen molar-refractivity contribution in [2.45, 2.75) is 25.6 Å². The molecule has 1 atom stereocenters. The molecule has 0 spiro atoms. The van der Waals surface area contributed by atoms with Gasteiger partial charge in [0.1, 0.15) is 6.61 Å². The second-order valence-corrected chi connectivity index (χ2v) is 7.64. The summed E-state index contributed by atoms with van der Waals surface area (Å²) in [6.45, 7) is 0.686. The second-order valence-electron chi connectivity index (χ2n) is 6.49. The van der Waals surface area contributed by atoms with E-state index in [1.807, 2.05) is 0 Å². The second kappa shape index (κ2) is 9.95. The number of nitrogens with zero attached hydrogens (tertiary/aromatic N) is 5. The van der Waals surface area contributed by atoms with Gasteiger partial charge in [-0.05, 0) is 41.1 Å². The molecule has 3 rings (SSSR count). The number of alkyl halides is 5. The zero-order chi connectivity index (χ0) is 24.3. The third-order valence-corrected chi connectivity index (χ3v) is 4.56. The van der Waals surface area contributed by atoms with Gasteiger partial charge in [0.15, 0.2) is 11.6 Å².